The molecule has 2 aliphatic rings. The molecule has 2 N–H and O–H groups in total. The van der Waals surface area contributed by atoms with E-state index in [0.717, 1.165) is 56.6 Å². The summed E-state index contributed by atoms with van der Waals surface area (Å²) < 4.78 is 5.86. The zero-order valence-corrected chi connectivity index (χ0v) is 12.2. The van der Waals surface area contributed by atoms with Gasteiger partial charge < -0.3 is 15.1 Å². The van der Waals surface area contributed by atoms with E-state index >= 15 is 0 Å². The quantitative estimate of drug-likeness (QED) is 0.878. The second kappa shape index (κ2) is 6.31. The molecule has 2 aliphatic heterocycles. The van der Waals surface area contributed by atoms with E-state index in [4.69, 9.17) is 4.42 Å². The SMILES string of the molecule is Cc1ccc(C(CNC2=NCCCN2)N2CCCC2)o1. The highest BCUT2D eigenvalue weighted by molar-refractivity contribution is 5.80. The van der Waals surface area contributed by atoms with Crippen molar-refractivity contribution in [2.45, 2.75) is 32.2 Å². The number of aryl methyl sites for hydroxylation is 1. The minimum Gasteiger partial charge on any atom is -0.465 e. The average Bonchev–Trinajstić information content (AvgIpc) is 3.13. The molecule has 1 unspecified atom stereocenters. The predicted octanol–water partition coefficient (Wildman–Crippen LogP) is 1.66. The van der Waals surface area contributed by atoms with Crippen LogP contribution in [0.1, 0.15) is 36.8 Å². The smallest absolute Gasteiger partial charge is 0.191 e. The molecule has 1 saturated heterocycles. The highest BCUT2D eigenvalue weighted by atomic mass is 16.3. The number of aliphatic imine (C=N–C) groups is 1. The molecular weight excluding hydrogens is 252 g/mol. The van der Waals surface area contributed by atoms with Gasteiger partial charge in [0.15, 0.2) is 5.96 Å². The van der Waals surface area contributed by atoms with Gasteiger partial charge in [0.2, 0.25) is 0 Å². The summed E-state index contributed by atoms with van der Waals surface area (Å²) >= 11 is 0. The van der Waals surface area contributed by atoms with Crippen LogP contribution in [0.15, 0.2) is 21.5 Å². The summed E-state index contributed by atoms with van der Waals surface area (Å²) in [7, 11) is 0. The van der Waals surface area contributed by atoms with Crippen LogP contribution in [-0.4, -0.2) is 43.6 Å². The standard InChI is InChI=1S/C15H24N4O/c1-12-5-6-14(20-12)13(19-9-2-3-10-19)11-18-15-16-7-4-8-17-15/h5-6,13H,2-4,7-11H2,1H3,(H2,16,17,18). The van der Waals surface area contributed by atoms with Gasteiger partial charge in [-0.15, -0.1) is 0 Å². The first-order valence-electron chi connectivity index (χ1n) is 7.65. The van der Waals surface area contributed by atoms with Gasteiger partial charge in [-0.25, -0.2) is 0 Å². The Morgan fingerprint density at radius 2 is 2.20 bits per heavy atom. The second-order valence-corrected chi connectivity index (χ2v) is 5.60. The van der Waals surface area contributed by atoms with Crippen LogP contribution >= 0.6 is 0 Å². The molecule has 3 rings (SSSR count). The van der Waals surface area contributed by atoms with Gasteiger partial charge in [-0.05, 0) is 51.4 Å². The third kappa shape index (κ3) is 3.15. The second-order valence-electron chi connectivity index (χ2n) is 5.60. The third-order valence-electron chi connectivity index (χ3n) is 4.03. The summed E-state index contributed by atoms with van der Waals surface area (Å²) in [5.74, 6) is 2.98. The first-order chi connectivity index (χ1) is 9.83. The van der Waals surface area contributed by atoms with Gasteiger partial charge in [0.25, 0.3) is 0 Å². The molecule has 0 aliphatic carbocycles. The maximum absolute atomic E-state index is 5.86. The highest BCUT2D eigenvalue weighted by Crippen LogP contribution is 2.26. The first kappa shape index (κ1) is 13.5. The Morgan fingerprint density at radius 3 is 2.85 bits per heavy atom. The fraction of sp³-hybridized carbons (Fsp3) is 0.667. The van der Waals surface area contributed by atoms with Gasteiger partial charge >= 0.3 is 0 Å². The molecule has 5 heteroatoms. The lowest BCUT2D eigenvalue weighted by Crippen LogP contribution is -2.44. The molecule has 1 fully saturated rings. The van der Waals surface area contributed by atoms with Crippen LogP contribution < -0.4 is 10.6 Å². The van der Waals surface area contributed by atoms with Crippen LogP contribution in [0.4, 0.5) is 0 Å². The molecular formula is C15H24N4O. The number of nitrogens with zero attached hydrogens (tertiary/aromatic N) is 2. The lowest BCUT2D eigenvalue weighted by molar-refractivity contribution is 0.213. The molecule has 0 aromatic carbocycles. The summed E-state index contributed by atoms with van der Waals surface area (Å²) in [5, 5.41) is 6.75. The lowest BCUT2D eigenvalue weighted by Gasteiger charge is -2.27. The molecule has 1 atom stereocenters. The van der Waals surface area contributed by atoms with Gasteiger partial charge in [-0.1, -0.05) is 0 Å². The summed E-state index contributed by atoms with van der Waals surface area (Å²) in [6.45, 7) is 7.10. The molecule has 110 valence electrons. The molecule has 0 amide bonds. The molecule has 0 spiro atoms. The average molecular weight is 276 g/mol. The molecule has 20 heavy (non-hydrogen) atoms. The van der Waals surface area contributed by atoms with Crippen LogP contribution in [0.3, 0.4) is 0 Å². The fourth-order valence-corrected chi connectivity index (χ4v) is 2.94. The molecule has 1 aromatic heterocycles. The van der Waals surface area contributed by atoms with Gasteiger partial charge in [0.1, 0.15) is 11.5 Å². The minimum absolute atomic E-state index is 0.303. The number of hydrogen-bond acceptors (Lipinski definition) is 5. The van der Waals surface area contributed by atoms with Crippen molar-refractivity contribution in [1.82, 2.24) is 15.5 Å². The van der Waals surface area contributed by atoms with Crippen LogP contribution in [0.2, 0.25) is 0 Å². The van der Waals surface area contributed by atoms with Crippen molar-refractivity contribution in [1.29, 1.82) is 0 Å². The van der Waals surface area contributed by atoms with E-state index in [0.29, 0.717) is 6.04 Å². The Hall–Kier alpha value is -1.49. The summed E-state index contributed by atoms with van der Waals surface area (Å²) in [6, 6.07) is 4.46. The maximum atomic E-state index is 5.86. The van der Waals surface area contributed by atoms with Gasteiger partial charge in [0, 0.05) is 19.6 Å². The van der Waals surface area contributed by atoms with Crippen molar-refractivity contribution in [3.63, 3.8) is 0 Å². The van der Waals surface area contributed by atoms with E-state index in [-0.39, 0.29) is 0 Å². The van der Waals surface area contributed by atoms with Crippen molar-refractivity contribution >= 4 is 5.96 Å². The molecule has 1 aromatic rings. The fourth-order valence-electron chi connectivity index (χ4n) is 2.94. The number of furan rings is 1. The van der Waals surface area contributed by atoms with Gasteiger partial charge in [-0.2, -0.15) is 0 Å². The van der Waals surface area contributed by atoms with E-state index in [1.54, 1.807) is 0 Å². The zero-order valence-electron chi connectivity index (χ0n) is 12.2. The Labute approximate surface area is 120 Å². The largest absolute Gasteiger partial charge is 0.465 e. The molecule has 0 saturated carbocycles. The van der Waals surface area contributed by atoms with Gasteiger partial charge in [-0.3, -0.25) is 9.89 Å². The monoisotopic (exact) mass is 276 g/mol. The van der Waals surface area contributed by atoms with Crippen LogP contribution in [0, 0.1) is 6.92 Å². The van der Waals surface area contributed by atoms with E-state index in [1.807, 2.05) is 6.92 Å². The first-order valence-corrected chi connectivity index (χ1v) is 7.65. The van der Waals surface area contributed by atoms with Crippen molar-refractivity contribution in [3.8, 4) is 0 Å². The summed E-state index contributed by atoms with van der Waals surface area (Å²) in [6.07, 6.45) is 3.70. The van der Waals surface area contributed by atoms with E-state index < -0.39 is 0 Å². The van der Waals surface area contributed by atoms with Crippen molar-refractivity contribution in [3.05, 3.63) is 23.7 Å². The molecule has 3 heterocycles. The van der Waals surface area contributed by atoms with Crippen LogP contribution in [0.25, 0.3) is 0 Å². The lowest BCUT2D eigenvalue weighted by atomic mass is 10.2. The predicted molar refractivity (Wildman–Crippen MR) is 79.9 cm³/mol. The van der Waals surface area contributed by atoms with Gasteiger partial charge in [0.05, 0.1) is 6.04 Å². The molecule has 0 bridgehead atoms. The van der Waals surface area contributed by atoms with E-state index in [1.165, 1.54) is 12.8 Å². The Kier molecular flexibility index (Phi) is 4.25. The van der Waals surface area contributed by atoms with E-state index in [9.17, 15) is 0 Å². The minimum atomic E-state index is 0.303. The van der Waals surface area contributed by atoms with Crippen LogP contribution in [0.5, 0.6) is 0 Å². The molecule has 5 nitrogen and oxygen atoms in total. The normalized spacial score (nSPS) is 21.4. The highest BCUT2D eigenvalue weighted by Gasteiger charge is 2.26. The number of likely N-dealkylation sites (tertiary alicyclic amines) is 1. The summed E-state index contributed by atoms with van der Waals surface area (Å²) in [5.41, 5.74) is 0. The summed E-state index contributed by atoms with van der Waals surface area (Å²) in [4.78, 5) is 6.98. The number of rotatable bonds is 4. The third-order valence-corrected chi connectivity index (χ3v) is 4.03. The van der Waals surface area contributed by atoms with Crippen molar-refractivity contribution in [2.24, 2.45) is 4.99 Å². The van der Waals surface area contributed by atoms with Crippen molar-refractivity contribution < 1.29 is 4.42 Å². The Morgan fingerprint density at radius 1 is 1.35 bits per heavy atom. The molecule has 0 radical (unpaired) electrons. The zero-order chi connectivity index (χ0) is 13.8. The number of hydrogen-bond donors (Lipinski definition) is 2. The topological polar surface area (TPSA) is 52.8 Å². The number of guanidine groups is 1. The maximum Gasteiger partial charge on any atom is 0.191 e. The van der Waals surface area contributed by atoms with Crippen LogP contribution in [-0.2, 0) is 0 Å². The Balaban J connectivity index is 1.67. The van der Waals surface area contributed by atoms with E-state index in [2.05, 4.69) is 32.7 Å². The Bertz CT molecular complexity index is 462. The van der Waals surface area contributed by atoms with Crippen molar-refractivity contribution in [2.75, 3.05) is 32.7 Å². The number of nitrogens with one attached hydrogen (secondary N) is 2.